The highest BCUT2D eigenvalue weighted by atomic mass is 19.1. The van der Waals surface area contributed by atoms with Crippen LogP contribution in [0.2, 0.25) is 0 Å². The number of hydrogen-bond acceptors (Lipinski definition) is 6. The SMILES string of the molecule is CC(=O)CC[C@H]1CN(c2cc(F)c(N3CCON(C(=O)CCCF)CC3)c(F)c2)C(=O)O1. The van der Waals surface area contributed by atoms with Gasteiger partial charge >= 0.3 is 6.09 Å². The first-order chi connectivity index (χ1) is 15.3. The Morgan fingerprint density at radius 3 is 2.50 bits per heavy atom. The van der Waals surface area contributed by atoms with Crippen molar-refractivity contribution in [2.24, 2.45) is 0 Å². The Morgan fingerprint density at radius 2 is 1.84 bits per heavy atom. The van der Waals surface area contributed by atoms with Gasteiger partial charge in [0, 0.05) is 38.1 Å². The van der Waals surface area contributed by atoms with Crippen molar-refractivity contribution in [1.29, 1.82) is 0 Å². The van der Waals surface area contributed by atoms with Crippen molar-refractivity contribution < 1.29 is 37.1 Å². The summed E-state index contributed by atoms with van der Waals surface area (Å²) in [4.78, 5) is 43.2. The number of Topliss-reactive ketones (excluding diaryl/α,β-unsaturated/α-hetero) is 1. The fourth-order valence-corrected chi connectivity index (χ4v) is 3.67. The largest absolute Gasteiger partial charge is 0.444 e. The monoisotopic (exact) mass is 457 g/mol. The quantitative estimate of drug-likeness (QED) is 0.597. The molecule has 176 valence electrons. The Labute approximate surface area is 183 Å². The predicted octanol–water partition coefficient (Wildman–Crippen LogP) is 2.99. The minimum Gasteiger partial charge on any atom is -0.444 e. The molecule has 0 unspecified atom stereocenters. The Kier molecular flexibility index (Phi) is 7.94. The summed E-state index contributed by atoms with van der Waals surface area (Å²) in [7, 11) is 0. The molecule has 0 bridgehead atoms. The number of cyclic esters (lactones) is 1. The number of hydroxylamine groups is 2. The summed E-state index contributed by atoms with van der Waals surface area (Å²) in [6.07, 6.45) is -0.585. The number of nitrogens with zero attached hydrogens (tertiary/aromatic N) is 3. The van der Waals surface area contributed by atoms with Gasteiger partial charge in [0.15, 0.2) is 11.6 Å². The van der Waals surface area contributed by atoms with Crippen LogP contribution in [0, 0.1) is 11.6 Å². The Hall–Kier alpha value is -2.82. The van der Waals surface area contributed by atoms with Gasteiger partial charge in [-0.3, -0.25) is 18.9 Å². The number of rotatable bonds is 8. The van der Waals surface area contributed by atoms with Crippen LogP contribution in [-0.4, -0.2) is 68.4 Å². The van der Waals surface area contributed by atoms with Gasteiger partial charge in [0.2, 0.25) is 5.91 Å². The van der Waals surface area contributed by atoms with Crippen LogP contribution >= 0.6 is 0 Å². The Bertz CT molecular complexity index is 846. The van der Waals surface area contributed by atoms with E-state index in [9.17, 15) is 27.6 Å². The maximum atomic E-state index is 14.9. The summed E-state index contributed by atoms with van der Waals surface area (Å²) >= 11 is 0. The maximum Gasteiger partial charge on any atom is 0.414 e. The number of amides is 2. The highest BCUT2D eigenvalue weighted by Gasteiger charge is 2.34. The molecule has 8 nitrogen and oxygen atoms in total. The van der Waals surface area contributed by atoms with Gasteiger partial charge in [-0.25, -0.2) is 18.6 Å². The van der Waals surface area contributed by atoms with Crippen LogP contribution < -0.4 is 9.80 Å². The summed E-state index contributed by atoms with van der Waals surface area (Å²) in [5, 5.41) is 1.10. The second kappa shape index (κ2) is 10.7. The first kappa shape index (κ1) is 23.8. The van der Waals surface area contributed by atoms with Gasteiger partial charge in [-0.1, -0.05) is 0 Å². The molecular formula is C21H26F3N3O5. The summed E-state index contributed by atoms with van der Waals surface area (Å²) < 4.78 is 47.3. The lowest BCUT2D eigenvalue weighted by atomic mass is 10.1. The normalized spacial score (nSPS) is 19.2. The molecule has 1 aromatic carbocycles. The molecule has 0 aromatic heterocycles. The number of ether oxygens (including phenoxy) is 1. The highest BCUT2D eigenvalue weighted by molar-refractivity contribution is 5.90. The third-order valence-electron chi connectivity index (χ3n) is 5.31. The van der Waals surface area contributed by atoms with E-state index < -0.39 is 30.5 Å². The number of halogens is 3. The van der Waals surface area contributed by atoms with Crippen LogP contribution in [0.25, 0.3) is 0 Å². The molecule has 1 atom stereocenters. The van der Waals surface area contributed by atoms with Crippen LogP contribution in [-0.2, 0) is 19.2 Å². The van der Waals surface area contributed by atoms with Gasteiger partial charge < -0.3 is 14.4 Å². The molecule has 2 saturated heterocycles. The molecule has 32 heavy (non-hydrogen) atoms. The first-order valence-corrected chi connectivity index (χ1v) is 10.5. The van der Waals surface area contributed by atoms with Crippen LogP contribution in [0.3, 0.4) is 0 Å². The lowest BCUT2D eigenvalue weighted by molar-refractivity contribution is -0.182. The smallest absolute Gasteiger partial charge is 0.414 e. The minimum absolute atomic E-state index is 0.00668. The van der Waals surface area contributed by atoms with Crippen molar-refractivity contribution in [3.63, 3.8) is 0 Å². The maximum absolute atomic E-state index is 14.9. The zero-order chi connectivity index (χ0) is 23.3. The summed E-state index contributed by atoms with van der Waals surface area (Å²) in [6.45, 7) is 1.27. The van der Waals surface area contributed by atoms with Gasteiger partial charge in [-0.05, 0) is 19.8 Å². The van der Waals surface area contributed by atoms with E-state index in [4.69, 9.17) is 9.57 Å². The minimum atomic E-state index is -0.864. The second-order valence-electron chi connectivity index (χ2n) is 7.72. The molecule has 2 fully saturated rings. The van der Waals surface area contributed by atoms with Gasteiger partial charge in [0.05, 0.1) is 32.1 Å². The molecule has 1 aromatic rings. The van der Waals surface area contributed by atoms with Crippen LogP contribution in [0.15, 0.2) is 12.1 Å². The molecule has 2 heterocycles. The van der Waals surface area contributed by atoms with Crippen molar-refractivity contribution in [3.8, 4) is 0 Å². The van der Waals surface area contributed by atoms with Crippen molar-refractivity contribution in [1.82, 2.24) is 5.06 Å². The second-order valence-corrected chi connectivity index (χ2v) is 7.72. The van der Waals surface area contributed by atoms with E-state index >= 15 is 0 Å². The number of benzene rings is 1. The standard InChI is InChI=1S/C21H26F3N3O5/c1-14(28)4-5-16-13-26(21(30)32-16)15-11-17(23)20(18(24)12-15)25-7-8-27(31-10-9-25)19(29)3-2-6-22/h11-12,16H,2-10,13H2,1H3/t16-/m0/s1. The van der Waals surface area contributed by atoms with E-state index in [1.807, 2.05) is 0 Å². The van der Waals surface area contributed by atoms with Crippen molar-refractivity contribution in [2.75, 3.05) is 49.3 Å². The topological polar surface area (TPSA) is 79.4 Å². The molecule has 0 spiro atoms. The Balaban J connectivity index is 1.69. The Morgan fingerprint density at radius 1 is 1.12 bits per heavy atom. The number of carbonyl (C=O) groups is 3. The zero-order valence-corrected chi connectivity index (χ0v) is 17.8. The highest BCUT2D eigenvalue weighted by Crippen LogP contribution is 2.32. The molecule has 2 amide bonds. The van der Waals surface area contributed by atoms with Crippen LogP contribution in [0.1, 0.15) is 32.6 Å². The average molecular weight is 457 g/mol. The molecule has 2 aliphatic heterocycles. The molecular weight excluding hydrogens is 431 g/mol. The number of carbonyl (C=O) groups excluding carboxylic acids is 3. The lowest BCUT2D eigenvalue weighted by Crippen LogP contribution is -2.35. The third-order valence-corrected chi connectivity index (χ3v) is 5.31. The van der Waals surface area contributed by atoms with Crippen LogP contribution in [0.5, 0.6) is 0 Å². The van der Waals surface area contributed by atoms with E-state index in [-0.39, 0.29) is 75.1 Å². The van der Waals surface area contributed by atoms with E-state index in [0.717, 1.165) is 22.1 Å². The van der Waals surface area contributed by atoms with Crippen molar-refractivity contribution in [2.45, 2.75) is 38.7 Å². The first-order valence-electron chi connectivity index (χ1n) is 10.5. The molecule has 0 saturated carbocycles. The van der Waals surface area contributed by atoms with Gasteiger partial charge in [-0.15, -0.1) is 0 Å². The van der Waals surface area contributed by atoms with E-state index in [1.165, 1.54) is 11.8 Å². The fourth-order valence-electron chi connectivity index (χ4n) is 3.67. The van der Waals surface area contributed by atoms with Gasteiger partial charge in [0.25, 0.3) is 0 Å². The zero-order valence-electron chi connectivity index (χ0n) is 17.8. The van der Waals surface area contributed by atoms with E-state index in [1.54, 1.807) is 0 Å². The average Bonchev–Trinajstić information content (AvgIpc) is 2.95. The molecule has 11 heteroatoms. The van der Waals surface area contributed by atoms with Gasteiger partial charge in [0.1, 0.15) is 17.6 Å². The summed E-state index contributed by atoms with van der Waals surface area (Å²) in [6, 6.07) is 2.12. The number of alkyl halides is 1. The number of hydrogen-bond donors (Lipinski definition) is 0. The molecule has 2 aliphatic rings. The van der Waals surface area contributed by atoms with E-state index in [2.05, 4.69) is 0 Å². The number of ketones is 1. The molecule has 3 rings (SSSR count). The molecule has 0 N–H and O–H groups in total. The lowest BCUT2D eigenvalue weighted by Gasteiger charge is -2.24. The van der Waals surface area contributed by atoms with Crippen LogP contribution in [0.4, 0.5) is 29.3 Å². The van der Waals surface area contributed by atoms with Gasteiger partial charge in [-0.2, -0.15) is 0 Å². The summed E-state index contributed by atoms with van der Waals surface area (Å²) in [5.74, 6) is -2.15. The molecule has 0 aliphatic carbocycles. The fraction of sp³-hybridized carbons (Fsp3) is 0.571. The van der Waals surface area contributed by atoms with Crippen molar-refractivity contribution >= 4 is 29.2 Å². The predicted molar refractivity (Wildman–Crippen MR) is 109 cm³/mol. The van der Waals surface area contributed by atoms with E-state index in [0.29, 0.717) is 6.42 Å². The summed E-state index contributed by atoms with van der Waals surface area (Å²) in [5.41, 5.74) is -0.260. The number of anilines is 2. The molecule has 0 radical (unpaired) electrons. The third kappa shape index (κ3) is 5.70. The van der Waals surface area contributed by atoms with Crippen molar-refractivity contribution in [3.05, 3.63) is 23.8 Å².